The summed E-state index contributed by atoms with van der Waals surface area (Å²) in [6.07, 6.45) is -4.24. The number of nitrogens with one attached hydrogen (secondary N) is 1. The second-order valence-corrected chi connectivity index (χ2v) is 10.6. The molecule has 17 nitrogen and oxygen atoms in total. The molecule has 1 aromatic rings. The lowest BCUT2D eigenvalue weighted by Crippen LogP contribution is -2.44. The zero-order valence-electron chi connectivity index (χ0n) is 14.7. The van der Waals surface area contributed by atoms with Crippen molar-refractivity contribution in [1.82, 2.24) is 9.55 Å². The predicted octanol–water partition coefficient (Wildman–Crippen LogP) is -2.11. The molecule has 2 rings (SSSR count). The first-order valence-electron chi connectivity index (χ1n) is 7.58. The Kier molecular flexibility index (Phi) is 7.14. The van der Waals surface area contributed by atoms with Gasteiger partial charge in [0.15, 0.2) is 6.23 Å². The Labute approximate surface area is 165 Å². The van der Waals surface area contributed by atoms with Gasteiger partial charge in [-0.3, -0.25) is 18.9 Å². The van der Waals surface area contributed by atoms with E-state index in [-0.39, 0.29) is 0 Å². The molecule has 30 heavy (non-hydrogen) atoms. The number of aromatic amines is 1. The molecule has 20 heteroatoms. The Bertz CT molecular complexity index is 1050. The fourth-order valence-electron chi connectivity index (χ4n) is 2.41. The molecule has 172 valence electrons. The average molecular weight is 498 g/mol. The minimum atomic E-state index is -5.75. The van der Waals surface area contributed by atoms with Crippen molar-refractivity contribution in [3.05, 3.63) is 33.1 Å². The monoisotopic (exact) mass is 498 g/mol. The van der Waals surface area contributed by atoms with Gasteiger partial charge in [-0.25, -0.2) is 18.5 Å². The molecule has 1 aromatic heterocycles. The minimum absolute atomic E-state index is 0.714. The highest BCUT2D eigenvalue weighted by atomic mass is 31.3. The largest absolute Gasteiger partial charge is 0.490 e. The Morgan fingerprint density at radius 2 is 1.73 bits per heavy atom. The van der Waals surface area contributed by atoms with Crippen LogP contribution in [0.3, 0.4) is 0 Å². The maximum absolute atomic E-state index is 11.8. The van der Waals surface area contributed by atoms with Gasteiger partial charge in [0.05, 0.1) is 6.61 Å². The van der Waals surface area contributed by atoms with Gasteiger partial charge >= 0.3 is 29.2 Å². The smallest absolute Gasteiger partial charge is 0.387 e. The van der Waals surface area contributed by atoms with Gasteiger partial charge in [0.2, 0.25) is 0 Å². The van der Waals surface area contributed by atoms with Gasteiger partial charge in [-0.2, -0.15) is 8.62 Å². The summed E-state index contributed by atoms with van der Waals surface area (Å²) in [5.74, 6) is 0. The molecular formula is C10H17N2O15P3. The van der Waals surface area contributed by atoms with Crippen LogP contribution in [0.2, 0.25) is 0 Å². The van der Waals surface area contributed by atoms with Crippen molar-refractivity contribution in [2.24, 2.45) is 0 Å². The van der Waals surface area contributed by atoms with Crippen LogP contribution in [0.5, 0.6) is 0 Å². The first-order chi connectivity index (χ1) is 13.4. The van der Waals surface area contributed by atoms with Gasteiger partial charge in [0.1, 0.15) is 17.8 Å². The van der Waals surface area contributed by atoms with Crippen molar-refractivity contribution < 1.29 is 61.4 Å². The van der Waals surface area contributed by atoms with Gasteiger partial charge in [-0.15, -0.1) is 0 Å². The number of rotatable bonds is 8. The maximum atomic E-state index is 11.8. The number of nitrogens with zero attached hydrogens (tertiary/aromatic N) is 1. The highest BCUT2D eigenvalue weighted by Crippen LogP contribution is 2.66. The first-order valence-corrected chi connectivity index (χ1v) is 12.1. The molecule has 1 fully saturated rings. The third-order valence-electron chi connectivity index (χ3n) is 3.69. The molecular weight excluding hydrogens is 481 g/mol. The van der Waals surface area contributed by atoms with Crippen molar-refractivity contribution >= 4 is 23.5 Å². The number of aliphatic hydroxyl groups is 2. The molecule has 1 aliphatic heterocycles. The average Bonchev–Trinajstić information content (AvgIpc) is 2.75. The Morgan fingerprint density at radius 3 is 2.27 bits per heavy atom. The summed E-state index contributed by atoms with van der Waals surface area (Å²) in [4.78, 5) is 60.4. The summed E-state index contributed by atoms with van der Waals surface area (Å²) < 4.78 is 51.2. The summed E-state index contributed by atoms with van der Waals surface area (Å²) in [6.45, 7) is -0.00813. The van der Waals surface area contributed by atoms with E-state index >= 15 is 0 Å². The molecule has 1 saturated heterocycles. The fourth-order valence-corrected chi connectivity index (χ4v) is 5.53. The summed E-state index contributed by atoms with van der Waals surface area (Å²) in [5.41, 5.74) is -3.75. The SMILES string of the molecule is C[C@]1(COP(=O)(O)OP(=O)(O)OP(=O)(O)O)O[C@@H](n2ccc(=O)[nH]c2=O)C(O)C1O. The van der Waals surface area contributed by atoms with Crippen molar-refractivity contribution in [1.29, 1.82) is 0 Å². The zero-order chi connectivity index (χ0) is 23.1. The van der Waals surface area contributed by atoms with Crippen LogP contribution < -0.4 is 11.2 Å². The van der Waals surface area contributed by atoms with Crippen molar-refractivity contribution in [3.63, 3.8) is 0 Å². The molecule has 0 amide bonds. The van der Waals surface area contributed by atoms with Gasteiger partial charge in [-0.05, 0) is 6.92 Å². The molecule has 0 saturated carbocycles. The maximum Gasteiger partial charge on any atom is 0.490 e. The van der Waals surface area contributed by atoms with E-state index in [9.17, 15) is 38.4 Å². The first kappa shape index (κ1) is 25.2. The van der Waals surface area contributed by atoms with E-state index in [2.05, 4.69) is 13.1 Å². The van der Waals surface area contributed by atoms with Crippen LogP contribution in [0.15, 0.2) is 21.9 Å². The van der Waals surface area contributed by atoms with Crippen LogP contribution >= 0.6 is 23.5 Å². The van der Waals surface area contributed by atoms with Gasteiger partial charge in [0.25, 0.3) is 5.56 Å². The molecule has 7 N–H and O–H groups in total. The van der Waals surface area contributed by atoms with Gasteiger partial charge < -0.3 is 34.5 Å². The molecule has 0 aliphatic carbocycles. The van der Waals surface area contributed by atoms with Crippen molar-refractivity contribution in [3.8, 4) is 0 Å². The quantitative estimate of drug-likeness (QED) is 0.189. The van der Waals surface area contributed by atoms with E-state index in [1.54, 1.807) is 0 Å². The Hall–Kier alpha value is -1.03. The van der Waals surface area contributed by atoms with E-state index in [0.29, 0.717) is 4.57 Å². The van der Waals surface area contributed by atoms with Crippen LogP contribution in [-0.2, 0) is 31.6 Å². The van der Waals surface area contributed by atoms with Crippen LogP contribution in [0.25, 0.3) is 0 Å². The van der Waals surface area contributed by atoms with Crippen LogP contribution in [0.4, 0.5) is 0 Å². The third-order valence-corrected chi connectivity index (χ3v) is 7.47. The van der Waals surface area contributed by atoms with Gasteiger partial charge in [-0.1, -0.05) is 0 Å². The molecule has 1 aliphatic rings. The number of phosphoric acid groups is 3. The number of aromatic nitrogens is 2. The predicted molar refractivity (Wildman–Crippen MR) is 91.7 cm³/mol. The summed E-state index contributed by atoms with van der Waals surface area (Å²) in [7, 11) is -16.8. The standard InChI is InChI=1S/C10H17N2O15P3/c1-10(4-24-29(20,21)27-30(22,23)26-28(17,18)19)7(15)6(14)8(25-10)12-3-2-5(13)11-9(12)16/h2-3,6-8,14-15H,4H2,1H3,(H,20,21)(H,22,23)(H,11,13,16)(H2,17,18,19)/t6?,7?,8-,10-/m1/s1. The second-order valence-electron chi connectivity index (χ2n) is 6.14. The highest BCUT2D eigenvalue weighted by molar-refractivity contribution is 7.66. The van der Waals surface area contributed by atoms with E-state index in [4.69, 9.17) is 19.4 Å². The van der Waals surface area contributed by atoms with Crippen LogP contribution in [-0.4, -0.2) is 63.8 Å². The molecule has 2 heterocycles. The molecule has 4 unspecified atom stereocenters. The lowest BCUT2D eigenvalue weighted by molar-refractivity contribution is -0.116. The van der Waals surface area contributed by atoms with E-state index < -0.39 is 65.4 Å². The van der Waals surface area contributed by atoms with Crippen molar-refractivity contribution in [2.45, 2.75) is 31.0 Å². The topological polar surface area (TPSA) is 264 Å². The fraction of sp³-hybridized carbons (Fsp3) is 0.600. The molecule has 0 radical (unpaired) electrons. The summed E-state index contributed by atoms with van der Waals surface area (Å²) in [5, 5.41) is 20.3. The number of H-pyrrole nitrogens is 1. The Morgan fingerprint density at radius 1 is 1.13 bits per heavy atom. The molecule has 0 aromatic carbocycles. The van der Waals surface area contributed by atoms with Crippen molar-refractivity contribution in [2.75, 3.05) is 6.61 Å². The molecule has 0 spiro atoms. The van der Waals surface area contributed by atoms with Gasteiger partial charge in [0, 0.05) is 12.3 Å². The van der Waals surface area contributed by atoms with Crippen LogP contribution in [0, 0.1) is 0 Å². The molecule has 0 bridgehead atoms. The normalized spacial score (nSPS) is 31.2. The van der Waals surface area contributed by atoms with E-state index in [0.717, 1.165) is 19.2 Å². The third kappa shape index (κ3) is 6.24. The van der Waals surface area contributed by atoms with E-state index in [1.807, 2.05) is 4.98 Å². The number of hydrogen-bond donors (Lipinski definition) is 7. The zero-order valence-corrected chi connectivity index (χ0v) is 17.4. The van der Waals surface area contributed by atoms with Crippen LogP contribution in [0.1, 0.15) is 13.2 Å². The number of ether oxygens (including phenoxy) is 1. The number of aliphatic hydroxyl groups excluding tert-OH is 2. The minimum Gasteiger partial charge on any atom is -0.387 e. The highest BCUT2D eigenvalue weighted by Gasteiger charge is 2.54. The molecule has 6 atom stereocenters. The lowest BCUT2D eigenvalue weighted by atomic mass is 9.99. The summed E-state index contributed by atoms with van der Waals surface area (Å²) >= 11 is 0. The van der Waals surface area contributed by atoms with E-state index in [1.165, 1.54) is 0 Å². The number of phosphoric ester groups is 1. The Balaban J connectivity index is 2.15. The summed E-state index contributed by atoms with van der Waals surface area (Å²) in [6, 6.07) is 0.922. The number of hydrogen-bond acceptors (Lipinski definition) is 11. The lowest BCUT2D eigenvalue weighted by Gasteiger charge is -2.28. The second kappa shape index (κ2) is 8.48.